The summed E-state index contributed by atoms with van der Waals surface area (Å²) in [5.74, 6) is 0.989. The molecule has 0 amide bonds. The zero-order valence-corrected chi connectivity index (χ0v) is 14.1. The summed E-state index contributed by atoms with van der Waals surface area (Å²) in [6, 6.07) is 3.64. The molecular weight excluding hydrogens is 306 g/mol. The molecule has 1 atom stereocenters. The van der Waals surface area contributed by atoms with Crippen LogP contribution in [0, 0.1) is 6.92 Å². The van der Waals surface area contributed by atoms with Gasteiger partial charge in [-0.1, -0.05) is 6.07 Å². The fourth-order valence-electron chi connectivity index (χ4n) is 3.19. The number of carbonyl (C=O) groups excluding carboxylic acids is 1. The Hall–Kier alpha value is -2.34. The van der Waals surface area contributed by atoms with Gasteiger partial charge in [0.05, 0.1) is 25.8 Å². The first-order valence-electron chi connectivity index (χ1n) is 8.16. The molecule has 0 spiro atoms. The van der Waals surface area contributed by atoms with Crippen molar-refractivity contribution in [2.75, 3.05) is 26.1 Å². The summed E-state index contributed by atoms with van der Waals surface area (Å²) in [6.07, 6.45) is 5.93. The number of ether oxygens (including phenoxy) is 2. The molecule has 2 aromatic rings. The summed E-state index contributed by atoms with van der Waals surface area (Å²) in [7, 11) is 1.37. The highest BCUT2D eigenvalue weighted by molar-refractivity contribution is 5.92. The molecule has 0 radical (unpaired) electrons. The highest BCUT2D eigenvalue weighted by atomic mass is 16.5. The molecular formula is C18H23N3O3. The molecule has 1 fully saturated rings. The van der Waals surface area contributed by atoms with Crippen molar-refractivity contribution >= 4 is 11.7 Å². The van der Waals surface area contributed by atoms with Crippen LogP contribution in [0.3, 0.4) is 0 Å². The van der Waals surface area contributed by atoms with E-state index in [0.717, 1.165) is 36.4 Å². The lowest BCUT2D eigenvalue weighted by Gasteiger charge is -2.23. The van der Waals surface area contributed by atoms with Crippen molar-refractivity contribution < 1.29 is 14.3 Å². The minimum atomic E-state index is -0.367. The Morgan fingerprint density at radius 3 is 3.04 bits per heavy atom. The van der Waals surface area contributed by atoms with E-state index in [-0.39, 0.29) is 5.97 Å². The van der Waals surface area contributed by atoms with Crippen LogP contribution in [0.25, 0.3) is 0 Å². The second kappa shape index (κ2) is 7.05. The van der Waals surface area contributed by atoms with Gasteiger partial charge in [0.2, 0.25) is 0 Å². The lowest BCUT2D eigenvalue weighted by atomic mass is 10.0. The molecule has 0 saturated carbocycles. The fourth-order valence-corrected chi connectivity index (χ4v) is 3.19. The molecule has 6 heteroatoms. The van der Waals surface area contributed by atoms with Gasteiger partial charge >= 0.3 is 5.97 Å². The number of imidazole rings is 1. The van der Waals surface area contributed by atoms with Crippen LogP contribution < -0.4 is 5.73 Å². The van der Waals surface area contributed by atoms with Gasteiger partial charge in [-0.3, -0.25) is 0 Å². The van der Waals surface area contributed by atoms with Crippen molar-refractivity contribution in [3.8, 4) is 0 Å². The second-order valence-electron chi connectivity index (χ2n) is 6.18. The molecule has 1 aromatic heterocycles. The largest absolute Gasteiger partial charge is 0.465 e. The molecule has 0 aliphatic carbocycles. The molecule has 1 aromatic carbocycles. The first kappa shape index (κ1) is 16.5. The van der Waals surface area contributed by atoms with Crippen LogP contribution in [-0.4, -0.2) is 35.8 Å². The quantitative estimate of drug-likeness (QED) is 0.689. The number of benzene rings is 1. The average molecular weight is 329 g/mol. The normalized spacial score (nSPS) is 17.7. The lowest BCUT2D eigenvalue weighted by Crippen LogP contribution is -2.20. The number of aromatic nitrogens is 2. The Morgan fingerprint density at radius 2 is 2.33 bits per heavy atom. The van der Waals surface area contributed by atoms with Crippen LogP contribution in [0.15, 0.2) is 24.5 Å². The Morgan fingerprint density at radius 1 is 1.50 bits per heavy atom. The molecule has 2 N–H and O–H groups in total. The SMILES string of the molecule is COC(=O)c1cc(N)c(Cn2ccnc2C2CCCOC2)cc1C. The van der Waals surface area contributed by atoms with Crippen LogP contribution in [0.2, 0.25) is 0 Å². The van der Waals surface area contributed by atoms with Gasteiger partial charge in [0.1, 0.15) is 5.82 Å². The van der Waals surface area contributed by atoms with E-state index in [1.807, 2.05) is 25.4 Å². The van der Waals surface area contributed by atoms with Crippen LogP contribution >= 0.6 is 0 Å². The Bertz CT molecular complexity index is 733. The number of methoxy groups -OCH3 is 1. The number of rotatable bonds is 4. The van der Waals surface area contributed by atoms with Gasteiger partial charge in [-0.2, -0.15) is 0 Å². The van der Waals surface area contributed by atoms with Crippen molar-refractivity contribution in [1.82, 2.24) is 9.55 Å². The number of carbonyl (C=O) groups is 1. The Balaban J connectivity index is 1.85. The van der Waals surface area contributed by atoms with Gasteiger partial charge in [-0.15, -0.1) is 0 Å². The van der Waals surface area contributed by atoms with E-state index < -0.39 is 0 Å². The molecule has 0 bridgehead atoms. The summed E-state index contributed by atoms with van der Waals surface area (Å²) >= 11 is 0. The third kappa shape index (κ3) is 3.28. The van der Waals surface area contributed by atoms with Crippen LogP contribution in [0.4, 0.5) is 5.69 Å². The summed E-state index contributed by atoms with van der Waals surface area (Å²) in [5, 5.41) is 0. The predicted octanol–water partition coefficient (Wildman–Crippen LogP) is 2.50. The number of esters is 1. The van der Waals surface area contributed by atoms with E-state index in [1.165, 1.54) is 7.11 Å². The first-order chi connectivity index (χ1) is 11.6. The highest BCUT2D eigenvalue weighted by Crippen LogP contribution is 2.26. The zero-order valence-electron chi connectivity index (χ0n) is 14.1. The molecule has 128 valence electrons. The topological polar surface area (TPSA) is 79.4 Å². The third-order valence-electron chi connectivity index (χ3n) is 4.51. The van der Waals surface area contributed by atoms with E-state index in [9.17, 15) is 4.79 Å². The summed E-state index contributed by atoms with van der Waals surface area (Å²) in [6.45, 7) is 4.06. The third-order valence-corrected chi connectivity index (χ3v) is 4.51. The fraction of sp³-hybridized carbons (Fsp3) is 0.444. The molecule has 3 rings (SSSR count). The number of nitrogen functional groups attached to an aromatic ring is 1. The van der Waals surface area contributed by atoms with E-state index >= 15 is 0 Å². The van der Waals surface area contributed by atoms with Crippen molar-refractivity contribution in [3.05, 3.63) is 47.0 Å². The number of nitrogens with two attached hydrogens (primary N) is 1. The summed E-state index contributed by atoms with van der Waals surface area (Å²) in [4.78, 5) is 16.3. The van der Waals surface area contributed by atoms with Gasteiger partial charge in [0.25, 0.3) is 0 Å². The Labute approximate surface area is 141 Å². The van der Waals surface area contributed by atoms with Gasteiger partial charge < -0.3 is 19.8 Å². The number of hydrogen-bond acceptors (Lipinski definition) is 5. The maximum absolute atomic E-state index is 11.8. The summed E-state index contributed by atoms with van der Waals surface area (Å²) < 4.78 is 12.5. The average Bonchev–Trinajstić information content (AvgIpc) is 3.06. The highest BCUT2D eigenvalue weighted by Gasteiger charge is 2.21. The summed E-state index contributed by atoms with van der Waals surface area (Å²) in [5.41, 5.74) is 9.07. The smallest absolute Gasteiger partial charge is 0.338 e. The predicted molar refractivity (Wildman–Crippen MR) is 91.1 cm³/mol. The second-order valence-corrected chi connectivity index (χ2v) is 6.18. The molecule has 1 saturated heterocycles. The number of hydrogen-bond donors (Lipinski definition) is 1. The van der Waals surface area contributed by atoms with Crippen molar-refractivity contribution in [1.29, 1.82) is 0 Å². The number of nitrogens with zero attached hydrogens (tertiary/aromatic N) is 2. The van der Waals surface area contributed by atoms with E-state index in [4.69, 9.17) is 15.2 Å². The molecule has 24 heavy (non-hydrogen) atoms. The molecule has 2 heterocycles. The maximum atomic E-state index is 11.8. The van der Waals surface area contributed by atoms with Crippen molar-refractivity contribution in [3.63, 3.8) is 0 Å². The van der Waals surface area contributed by atoms with Crippen LogP contribution in [-0.2, 0) is 16.0 Å². The van der Waals surface area contributed by atoms with Gasteiger partial charge in [-0.25, -0.2) is 9.78 Å². The van der Waals surface area contributed by atoms with E-state index in [1.54, 1.807) is 6.07 Å². The molecule has 1 unspecified atom stereocenters. The van der Waals surface area contributed by atoms with Gasteiger partial charge in [0.15, 0.2) is 0 Å². The van der Waals surface area contributed by atoms with Gasteiger partial charge in [-0.05, 0) is 37.0 Å². The minimum Gasteiger partial charge on any atom is -0.465 e. The van der Waals surface area contributed by atoms with Crippen molar-refractivity contribution in [2.45, 2.75) is 32.2 Å². The van der Waals surface area contributed by atoms with E-state index in [0.29, 0.717) is 30.3 Å². The molecule has 1 aliphatic rings. The van der Waals surface area contributed by atoms with Crippen LogP contribution in [0.5, 0.6) is 0 Å². The van der Waals surface area contributed by atoms with Crippen LogP contribution in [0.1, 0.15) is 46.1 Å². The first-order valence-corrected chi connectivity index (χ1v) is 8.16. The van der Waals surface area contributed by atoms with Crippen molar-refractivity contribution in [2.24, 2.45) is 0 Å². The zero-order chi connectivity index (χ0) is 17.1. The maximum Gasteiger partial charge on any atom is 0.338 e. The monoisotopic (exact) mass is 329 g/mol. The van der Waals surface area contributed by atoms with Gasteiger partial charge in [0, 0.05) is 30.6 Å². The van der Waals surface area contributed by atoms with E-state index in [2.05, 4.69) is 9.55 Å². The standard InChI is InChI=1S/C18H23N3O3/c1-12-8-14(16(19)9-15(12)18(22)23-2)10-21-6-5-20-17(21)13-4-3-7-24-11-13/h5-6,8-9,13H,3-4,7,10-11,19H2,1-2H3. The molecule has 6 nitrogen and oxygen atoms in total. The Kier molecular flexibility index (Phi) is 4.85. The lowest BCUT2D eigenvalue weighted by molar-refractivity contribution is 0.0600. The number of anilines is 1. The number of aryl methyl sites for hydroxylation is 1. The minimum absolute atomic E-state index is 0.324. The molecule has 1 aliphatic heterocycles.